The van der Waals surface area contributed by atoms with Gasteiger partial charge in [-0.05, 0) is 0 Å². The average Bonchev–Trinajstić information content (AvgIpc) is 2.02. The van der Waals surface area contributed by atoms with Crippen LogP contribution in [-0.2, 0) is 4.79 Å². The zero-order valence-electron chi connectivity index (χ0n) is 5.99. The van der Waals surface area contributed by atoms with E-state index in [1.807, 2.05) is 0 Å². The molecule has 0 aromatic rings. The van der Waals surface area contributed by atoms with Crippen molar-refractivity contribution in [3.8, 4) is 0 Å². The molecule has 0 saturated heterocycles. The highest BCUT2D eigenvalue weighted by atomic mass is 35.5. The molecular weight excluding hydrogens is 242 g/mol. The average molecular weight is 248 g/mol. The first-order valence-electron chi connectivity index (χ1n) is 3.32. The van der Waals surface area contributed by atoms with Crippen molar-refractivity contribution in [1.82, 2.24) is 0 Å². The molecule has 0 spiro atoms. The van der Waals surface area contributed by atoms with Gasteiger partial charge in [0.2, 0.25) is 5.78 Å². The minimum Gasteiger partial charge on any atom is -0.293 e. The first kappa shape index (κ1) is 10.6. The number of hydrogen-bond donors (Lipinski definition) is 0. The van der Waals surface area contributed by atoms with Gasteiger partial charge in [0, 0.05) is 12.8 Å². The van der Waals surface area contributed by atoms with E-state index in [9.17, 15) is 4.79 Å². The van der Waals surface area contributed by atoms with E-state index in [0.29, 0.717) is 0 Å². The Morgan fingerprint density at radius 3 is 1.67 bits per heavy atom. The number of rotatable bonds is 0. The lowest BCUT2D eigenvalue weighted by Gasteiger charge is -2.22. The van der Waals surface area contributed by atoms with Crippen LogP contribution in [0.3, 0.4) is 0 Å². The van der Waals surface area contributed by atoms with E-state index in [1.165, 1.54) is 0 Å². The highest BCUT2D eigenvalue weighted by Crippen LogP contribution is 2.40. The number of carbonyl (C=O) groups excluding carboxylic acids is 1. The van der Waals surface area contributed by atoms with Crippen molar-refractivity contribution in [1.29, 1.82) is 0 Å². The Balaban J connectivity index is 2.98. The molecule has 1 nitrogen and oxygen atoms in total. The molecule has 0 N–H and O–H groups in total. The van der Waals surface area contributed by atoms with E-state index in [4.69, 9.17) is 46.4 Å². The van der Waals surface area contributed by atoms with Gasteiger partial charge >= 0.3 is 0 Å². The summed E-state index contributed by atoms with van der Waals surface area (Å²) in [6, 6.07) is 0. The monoisotopic (exact) mass is 246 g/mol. The molecule has 0 radical (unpaired) electrons. The molecule has 0 saturated carbocycles. The van der Waals surface area contributed by atoms with Crippen LogP contribution in [0.25, 0.3) is 0 Å². The fourth-order valence-electron chi connectivity index (χ4n) is 0.916. The fraction of sp³-hybridized carbons (Fsp3) is 0.571. The maximum absolute atomic E-state index is 11.4. The third-order valence-electron chi connectivity index (χ3n) is 1.58. The first-order chi connectivity index (χ1) is 5.36. The highest BCUT2D eigenvalue weighted by molar-refractivity contribution is 6.68. The number of hydrogen-bond acceptors (Lipinski definition) is 1. The Morgan fingerprint density at radius 1 is 1.00 bits per heavy atom. The zero-order chi connectivity index (χ0) is 9.41. The first-order valence-corrected chi connectivity index (χ1v) is 4.83. The SMILES string of the molecule is O=C1C(Cl)(Cl)CC=CCC1(Cl)Cl. The van der Waals surface area contributed by atoms with Crippen molar-refractivity contribution >= 4 is 52.2 Å². The molecule has 0 unspecified atom stereocenters. The summed E-state index contributed by atoms with van der Waals surface area (Å²) in [5.41, 5.74) is 0. The molecule has 0 bridgehead atoms. The molecule has 1 aliphatic carbocycles. The quantitative estimate of drug-likeness (QED) is 0.475. The standard InChI is InChI=1S/C7H6Cl4O/c8-6(9)3-1-2-4-7(10,11)5(6)12/h1-2H,3-4H2. The smallest absolute Gasteiger partial charge is 0.205 e. The molecule has 1 aliphatic rings. The van der Waals surface area contributed by atoms with Gasteiger partial charge in [0.1, 0.15) is 0 Å². The second kappa shape index (κ2) is 3.38. The van der Waals surface area contributed by atoms with Gasteiger partial charge in [-0.3, -0.25) is 4.79 Å². The van der Waals surface area contributed by atoms with Crippen LogP contribution in [0.1, 0.15) is 12.8 Å². The number of allylic oxidation sites excluding steroid dienone is 2. The molecule has 0 fully saturated rings. The molecule has 5 heteroatoms. The van der Waals surface area contributed by atoms with Gasteiger partial charge in [-0.2, -0.15) is 0 Å². The van der Waals surface area contributed by atoms with Crippen LogP contribution in [0.4, 0.5) is 0 Å². The lowest BCUT2D eigenvalue weighted by Crippen LogP contribution is -2.38. The number of carbonyl (C=O) groups is 1. The Labute approximate surface area is 90.6 Å². The molecule has 0 atom stereocenters. The fourth-order valence-corrected chi connectivity index (χ4v) is 2.11. The van der Waals surface area contributed by atoms with Gasteiger partial charge in [0.25, 0.3) is 0 Å². The highest BCUT2D eigenvalue weighted by Gasteiger charge is 2.46. The van der Waals surface area contributed by atoms with Crippen LogP contribution in [0.5, 0.6) is 0 Å². The van der Waals surface area contributed by atoms with Crippen molar-refractivity contribution in [2.75, 3.05) is 0 Å². The minimum absolute atomic E-state index is 0.246. The van der Waals surface area contributed by atoms with Gasteiger partial charge < -0.3 is 0 Å². The van der Waals surface area contributed by atoms with Crippen LogP contribution >= 0.6 is 46.4 Å². The zero-order valence-corrected chi connectivity index (χ0v) is 9.01. The van der Waals surface area contributed by atoms with E-state index in [2.05, 4.69) is 0 Å². The maximum atomic E-state index is 11.4. The van der Waals surface area contributed by atoms with Gasteiger partial charge in [0.15, 0.2) is 8.67 Å². The topological polar surface area (TPSA) is 17.1 Å². The van der Waals surface area contributed by atoms with Crippen molar-refractivity contribution < 1.29 is 4.79 Å². The van der Waals surface area contributed by atoms with Crippen molar-refractivity contribution in [2.45, 2.75) is 21.5 Å². The van der Waals surface area contributed by atoms with Gasteiger partial charge in [-0.25, -0.2) is 0 Å². The molecule has 0 aromatic carbocycles. The lowest BCUT2D eigenvalue weighted by atomic mass is 10.1. The molecule has 12 heavy (non-hydrogen) atoms. The Kier molecular flexibility index (Phi) is 3.00. The van der Waals surface area contributed by atoms with E-state index < -0.39 is 14.4 Å². The molecule has 0 heterocycles. The van der Waals surface area contributed by atoms with Gasteiger partial charge in [0.05, 0.1) is 0 Å². The molecular formula is C7H6Cl4O. The lowest BCUT2D eigenvalue weighted by molar-refractivity contribution is -0.120. The van der Waals surface area contributed by atoms with Crippen LogP contribution < -0.4 is 0 Å². The van der Waals surface area contributed by atoms with Gasteiger partial charge in [-0.1, -0.05) is 58.6 Å². The maximum Gasteiger partial charge on any atom is 0.205 e. The Morgan fingerprint density at radius 2 is 1.33 bits per heavy atom. The van der Waals surface area contributed by atoms with Crippen LogP contribution in [0, 0.1) is 0 Å². The third kappa shape index (κ3) is 2.08. The van der Waals surface area contributed by atoms with E-state index >= 15 is 0 Å². The van der Waals surface area contributed by atoms with E-state index in [-0.39, 0.29) is 12.8 Å². The second-order valence-electron chi connectivity index (χ2n) is 2.62. The number of alkyl halides is 4. The van der Waals surface area contributed by atoms with Crippen LogP contribution in [0.2, 0.25) is 0 Å². The summed E-state index contributed by atoms with van der Waals surface area (Å²) >= 11 is 22.8. The summed E-state index contributed by atoms with van der Waals surface area (Å²) in [6.45, 7) is 0. The van der Waals surface area contributed by atoms with Gasteiger partial charge in [-0.15, -0.1) is 0 Å². The molecule has 1 rings (SSSR count). The summed E-state index contributed by atoms with van der Waals surface area (Å²) < 4.78 is -2.98. The molecule has 68 valence electrons. The molecule has 0 aromatic heterocycles. The van der Waals surface area contributed by atoms with Crippen LogP contribution in [-0.4, -0.2) is 14.4 Å². The van der Waals surface area contributed by atoms with Crippen LogP contribution in [0.15, 0.2) is 12.2 Å². The predicted octanol–water partition coefficient (Wildman–Crippen LogP) is 3.25. The number of ketones is 1. The van der Waals surface area contributed by atoms with E-state index in [1.54, 1.807) is 12.2 Å². The summed E-state index contributed by atoms with van der Waals surface area (Å²) in [5.74, 6) is -0.549. The predicted molar refractivity (Wildman–Crippen MR) is 52.3 cm³/mol. The normalized spacial score (nSPS) is 26.8. The molecule has 0 amide bonds. The third-order valence-corrected chi connectivity index (χ3v) is 2.88. The van der Waals surface area contributed by atoms with Crippen molar-refractivity contribution in [3.05, 3.63) is 12.2 Å². The number of halogens is 4. The summed E-state index contributed by atoms with van der Waals surface area (Å²) in [4.78, 5) is 11.4. The second-order valence-corrected chi connectivity index (χ2v) is 5.59. The largest absolute Gasteiger partial charge is 0.293 e. The Hall–Kier alpha value is 0.570. The summed E-state index contributed by atoms with van der Waals surface area (Å²) in [7, 11) is 0. The number of Topliss-reactive ketones (excluding diaryl/α,β-unsaturated/α-hetero) is 1. The summed E-state index contributed by atoms with van der Waals surface area (Å²) in [5, 5.41) is 0. The molecule has 0 aliphatic heterocycles. The van der Waals surface area contributed by atoms with E-state index in [0.717, 1.165) is 0 Å². The minimum atomic E-state index is -1.49. The van der Waals surface area contributed by atoms with Crippen molar-refractivity contribution in [3.63, 3.8) is 0 Å². The van der Waals surface area contributed by atoms with Crippen molar-refractivity contribution in [2.24, 2.45) is 0 Å². The Bertz CT molecular complexity index is 210. The summed E-state index contributed by atoms with van der Waals surface area (Å²) in [6.07, 6.45) is 3.89.